The Balaban J connectivity index is 2.37. The minimum Gasteiger partial charge on any atom is -0.491 e. The molecule has 1 aromatic rings. The van der Waals surface area contributed by atoms with Crippen LogP contribution < -0.4 is 4.74 Å². The van der Waals surface area contributed by atoms with Crippen molar-refractivity contribution in [3.05, 3.63) is 29.8 Å². The van der Waals surface area contributed by atoms with Crippen molar-refractivity contribution in [2.24, 2.45) is 0 Å². The molecule has 0 amide bonds. The Bertz CT molecular complexity index is 325. The minimum atomic E-state index is -4.64. The van der Waals surface area contributed by atoms with E-state index in [-0.39, 0.29) is 13.2 Å². The summed E-state index contributed by atoms with van der Waals surface area (Å²) in [5.41, 5.74) is 0.523. The fraction of sp³-hybridized carbons (Fsp3) is 0.400. The van der Waals surface area contributed by atoms with Crippen LogP contribution in [0.5, 0.6) is 5.75 Å². The van der Waals surface area contributed by atoms with Gasteiger partial charge in [-0.3, -0.25) is 4.74 Å². The van der Waals surface area contributed by atoms with Gasteiger partial charge in [-0.2, -0.15) is 0 Å². The van der Waals surface area contributed by atoms with Crippen molar-refractivity contribution in [2.45, 2.75) is 13.0 Å². The molecule has 3 nitrogen and oxygen atoms in total. The molecule has 0 saturated carbocycles. The van der Waals surface area contributed by atoms with Crippen LogP contribution in [-0.4, -0.2) is 24.7 Å². The van der Waals surface area contributed by atoms with E-state index in [1.54, 1.807) is 24.3 Å². The first-order valence-corrected chi connectivity index (χ1v) is 4.55. The summed E-state index contributed by atoms with van der Waals surface area (Å²) in [5, 5.41) is 8.91. The molecule has 1 rings (SSSR count). The van der Waals surface area contributed by atoms with Crippen LogP contribution in [0.4, 0.5) is 13.2 Å². The summed E-state index contributed by atoms with van der Waals surface area (Å²) >= 11 is 0. The molecule has 6 heteroatoms. The van der Waals surface area contributed by atoms with E-state index >= 15 is 0 Å². The van der Waals surface area contributed by atoms with Gasteiger partial charge in [-0.05, 0) is 6.07 Å². The molecule has 0 bridgehead atoms. The number of hydrogen-bond donors (Lipinski definition) is 1. The lowest BCUT2D eigenvalue weighted by Crippen LogP contribution is -2.18. The molecular formula is C10H11F3O3. The van der Waals surface area contributed by atoms with Crippen LogP contribution in [0.3, 0.4) is 0 Å². The van der Waals surface area contributed by atoms with Crippen LogP contribution in [0.2, 0.25) is 0 Å². The van der Waals surface area contributed by atoms with E-state index in [0.717, 1.165) is 0 Å². The molecule has 1 N–H and O–H groups in total. The van der Waals surface area contributed by atoms with E-state index in [9.17, 15) is 13.2 Å². The first kappa shape index (κ1) is 12.8. The highest BCUT2D eigenvalue weighted by atomic mass is 19.4. The summed E-state index contributed by atoms with van der Waals surface area (Å²) in [6, 6.07) is 6.56. The van der Waals surface area contributed by atoms with Crippen LogP contribution >= 0.6 is 0 Å². The molecule has 0 atom stereocenters. The molecule has 16 heavy (non-hydrogen) atoms. The van der Waals surface area contributed by atoms with Gasteiger partial charge >= 0.3 is 6.36 Å². The van der Waals surface area contributed by atoms with Crippen LogP contribution in [0, 0.1) is 0 Å². The topological polar surface area (TPSA) is 38.7 Å². The van der Waals surface area contributed by atoms with Crippen LogP contribution in [0.25, 0.3) is 0 Å². The highest BCUT2D eigenvalue weighted by molar-refractivity contribution is 5.32. The molecule has 90 valence electrons. The third kappa shape index (κ3) is 4.50. The standard InChI is InChI=1S/C10H11F3O3/c11-10(12,13)16-6-5-15-9-4-2-1-3-8(9)7-14/h1-4,14H,5-7H2. The number of para-hydroxylation sites is 1. The number of aliphatic hydroxyl groups excluding tert-OH is 1. The first-order chi connectivity index (χ1) is 7.53. The maximum atomic E-state index is 11.6. The number of benzene rings is 1. The fourth-order valence-corrected chi connectivity index (χ4v) is 1.08. The Labute approximate surface area is 90.4 Å². The number of rotatable bonds is 5. The van der Waals surface area contributed by atoms with Gasteiger partial charge in [0.25, 0.3) is 0 Å². The second-order valence-electron chi connectivity index (χ2n) is 2.91. The van der Waals surface area contributed by atoms with Gasteiger partial charge in [-0.15, -0.1) is 13.2 Å². The predicted molar refractivity (Wildman–Crippen MR) is 49.9 cm³/mol. The number of alkyl halides is 3. The monoisotopic (exact) mass is 236 g/mol. The van der Waals surface area contributed by atoms with Gasteiger partial charge in [-0.25, -0.2) is 0 Å². The van der Waals surface area contributed by atoms with Crippen molar-refractivity contribution in [1.29, 1.82) is 0 Å². The Hall–Kier alpha value is -1.27. The van der Waals surface area contributed by atoms with Gasteiger partial charge in [-0.1, -0.05) is 18.2 Å². The number of halogens is 3. The van der Waals surface area contributed by atoms with E-state index in [2.05, 4.69) is 4.74 Å². The molecule has 0 spiro atoms. The zero-order valence-corrected chi connectivity index (χ0v) is 8.33. The molecule has 0 fully saturated rings. The quantitative estimate of drug-likeness (QED) is 0.795. The average molecular weight is 236 g/mol. The highest BCUT2D eigenvalue weighted by Gasteiger charge is 2.28. The van der Waals surface area contributed by atoms with Crippen LogP contribution in [-0.2, 0) is 11.3 Å². The van der Waals surface area contributed by atoms with Gasteiger partial charge in [0.05, 0.1) is 13.2 Å². The average Bonchev–Trinajstić information content (AvgIpc) is 2.23. The van der Waals surface area contributed by atoms with Gasteiger partial charge in [0, 0.05) is 5.56 Å². The highest BCUT2D eigenvalue weighted by Crippen LogP contribution is 2.18. The van der Waals surface area contributed by atoms with E-state index in [1.165, 1.54) is 0 Å². The first-order valence-electron chi connectivity index (χ1n) is 4.55. The van der Waals surface area contributed by atoms with Crippen molar-refractivity contribution in [1.82, 2.24) is 0 Å². The van der Waals surface area contributed by atoms with Crippen LogP contribution in [0.15, 0.2) is 24.3 Å². The molecule has 0 aromatic heterocycles. The Kier molecular flexibility index (Phi) is 4.57. The summed E-state index contributed by atoms with van der Waals surface area (Å²) in [6.45, 7) is -1.03. The number of ether oxygens (including phenoxy) is 2. The second kappa shape index (κ2) is 5.72. The third-order valence-corrected chi connectivity index (χ3v) is 1.75. The Morgan fingerprint density at radius 3 is 2.44 bits per heavy atom. The smallest absolute Gasteiger partial charge is 0.491 e. The van der Waals surface area contributed by atoms with Gasteiger partial charge < -0.3 is 9.84 Å². The van der Waals surface area contributed by atoms with Crippen molar-refractivity contribution in [3.8, 4) is 5.75 Å². The number of aliphatic hydroxyl groups is 1. The maximum absolute atomic E-state index is 11.6. The van der Waals surface area contributed by atoms with Crippen molar-refractivity contribution < 1.29 is 27.8 Å². The van der Waals surface area contributed by atoms with Gasteiger partial charge in [0.1, 0.15) is 12.4 Å². The van der Waals surface area contributed by atoms with Gasteiger partial charge in [0.2, 0.25) is 0 Å². The lowest BCUT2D eigenvalue weighted by molar-refractivity contribution is -0.325. The molecule has 0 radical (unpaired) electrons. The summed E-state index contributed by atoms with van der Waals surface area (Å²) < 4.78 is 43.4. The largest absolute Gasteiger partial charge is 0.522 e. The summed E-state index contributed by atoms with van der Waals surface area (Å²) in [6.07, 6.45) is -4.64. The molecule has 0 heterocycles. The third-order valence-electron chi connectivity index (χ3n) is 1.75. The van der Waals surface area contributed by atoms with Crippen LogP contribution in [0.1, 0.15) is 5.56 Å². The molecule has 1 aromatic carbocycles. The zero-order chi connectivity index (χ0) is 12.0. The lowest BCUT2D eigenvalue weighted by atomic mass is 10.2. The van der Waals surface area contributed by atoms with E-state index < -0.39 is 13.0 Å². The molecular weight excluding hydrogens is 225 g/mol. The summed E-state index contributed by atoms with van der Waals surface area (Å²) in [7, 11) is 0. The Morgan fingerprint density at radius 1 is 1.12 bits per heavy atom. The molecule has 0 unspecified atom stereocenters. The summed E-state index contributed by atoms with van der Waals surface area (Å²) in [5.74, 6) is 0.357. The molecule has 0 aliphatic carbocycles. The maximum Gasteiger partial charge on any atom is 0.522 e. The SMILES string of the molecule is OCc1ccccc1OCCOC(F)(F)F. The number of hydrogen-bond acceptors (Lipinski definition) is 3. The van der Waals surface area contributed by atoms with E-state index in [0.29, 0.717) is 11.3 Å². The molecule has 0 aliphatic heterocycles. The minimum absolute atomic E-state index is 0.226. The fourth-order valence-electron chi connectivity index (χ4n) is 1.08. The predicted octanol–water partition coefficient (Wildman–Crippen LogP) is 2.09. The van der Waals surface area contributed by atoms with Crippen molar-refractivity contribution in [3.63, 3.8) is 0 Å². The van der Waals surface area contributed by atoms with E-state index in [4.69, 9.17) is 9.84 Å². The van der Waals surface area contributed by atoms with Gasteiger partial charge in [0.15, 0.2) is 0 Å². The van der Waals surface area contributed by atoms with Crippen molar-refractivity contribution in [2.75, 3.05) is 13.2 Å². The van der Waals surface area contributed by atoms with Crippen molar-refractivity contribution >= 4 is 0 Å². The molecule has 0 aliphatic rings. The summed E-state index contributed by atoms with van der Waals surface area (Å²) in [4.78, 5) is 0. The second-order valence-corrected chi connectivity index (χ2v) is 2.91. The van der Waals surface area contributed by atoms with E-state index in [1.807, 2.05) is 0 Å². The Morgan fingerprint density at radius 2 is 1.81 bits per heavy atom. The molecule has 0 saturated heterocycles. The zero-order valence-electron chi connectivity index (χ0n) is 8.33. The normalized spacial score (nSPS) is 11.5. The lowest BCUT2D eigenvalue weighted by Gasteiger charge is -2.11.